The van der Waals surface area contributed by atoms with Crippen LogP contribution in [-0.4, -0.2) is 35.2 Å². The lowest BCUT2D eigenvalue weighted by Gasteiger charge is -2.28. The quantitative estimate of drug-likeness (QED) is 0.521. The molecule has 0 aromatic heterocycles. The van der Waals surface area contributed by atoms with Crippen LogP contribution >= 0.6 is 11.8 Å². The van der Waals surface area contributed by atoms with E-state index in [4.69, 9.17) is 5.26 Å². The predicted molar refractivity (Wildman–Crippen MR) is 106 cm³/mol. The summed E-state index contributed by atoms with van der Waals surface area (Å²) in [6, 6.07) is 20.6. The summed E-state index contributed by atoms with van der Waals surface area (Å²) < 4.78 is 0. The Balaban J connectivity index is 1.87. The van der Waals surface area contributed by atoms with Gasteiger partial charge in [-0.15, -0.1) is 0 Å². The van der Waals surface area contributed by atoms with Gasteiger partial charge in [0.1, 0.15) is 5.40 Å². The number of amides is 2. The normalized spacial score (nSPS) is 19.6. The van der Waals surface area contributed by atoms with Gasteiger partial charge >= 0.3 is 6.03 Å². The maximum absolute atomic E-state index is 13.0. The predicted octanol–water partition coefficient (Wildman–Crippen LogP) is 4.83. The van der Waals surface area contributed by atoms with E-state index in [1.807, 2.05) is 53.2 Å². The number of rotatable bonds is 7. The van der Waals surface area contributed by atoms with Crippen LogP contribution in [0.5, 0.6) is 0 Å². The van der Waals surface area contributed by atoms with Crippen molar-refractivity contribution in [3.05, 3.63) is 71.8 Å². The number of unbranched alkanes of at least 4 members (excludes halogenated alkanes) is 1. The zero-order valence-corrected chi connectivity index (χ0v) is 15.7. The molecule has 5 heteroatoms. The summed E-state index contributed by atoms with van der Waals surface area (Å²) in [7, 11) is 1.89. The first-order chi connectivity index (χ1) is 12.7. The molecule has 2 aromatic rings. The van der Waals surface area contributed by atoms with Gasteiger partial charge in [0, 0.05) is 19.3 Å². The fraction of sp³-hybridized carbons (Fsp3) is 0.333. The number of carbonyl (C=O) groups is 1. The van der Waals surface area contributed by atoms with Crippen molar-refractivity contribution in [2.45, 2.75) is 24.9 Å². The summed E-state index contributed by atoms with van der Waals surface area (Å²) in [6.07, 6.45) is 1.84. The van der Waals surface area contributed by atoms with Gasteiger partial charge in [-0.3, -0.25) is 0 Å². The lowest BCUT2D eigenvalue weighted by atomic mass is 9.93. The molecule has 0 bridgehead atoms. The molecule has 2 amide bonds. The molecular weight excluding hydrogens is 342 g/mol. The molecular formula is C21H23N3OS. The van der Waals surface area contributed by atoms with E-state index >= 15 is 0 Å². The van der Waals surface area contributed by atoms with Gasteiger partial charge in [0.25, 0.3) is 0 Å². The number of urea groups is 1. The average Bonchev–Trinajstić information content (AvgIpc) is 2.94. The Labute approximate surface area is 159 Å². The number of thiocyanates is 1. The summed E-state index contributed by atoms with van der Waals surface area (Å²) in [6.45, 7) is 0.706. The zero-order chi connectivity index (χ0) is 18.4. The van der Waals surface area contributed by atoms with Gasteiger partial charge in [-0.2, -0.15) is 5.26 Å². The van der Waals surface area contributed by atoms with Crippen LogP contribution < -0.4 is 0 Å². The smallest absolute Gasteiger partial charge is 0.318 e. The minimum atomic E-state index is -0.000386. The van der Waals surface area contributed by atoms with E-state index in [0.29, 0.717) is 6.54 Å². The van der Waals surface area contributed by atoms with Crippen LogP contribution in [0.15, 0.2) is 60.7 Å². The number of thioether (sulfide) groups is 1. The molecule has 1 heterocycles. The third-order valence-electron chi connectivity index (χ3n) is 4.84. The first-order valence-corrected chi connectivity index (χ1v) is 9.87. The van der Waals surface area contributed by atoms with Crippen molar-refractivity contribution < 1.29 is 4.79 Å². The Morgan fingerprint density at radius 3 is 2.12 bits per heavy atom. The monoisotopic (exact) mass is 365 g/mol. The second-order valence-corrected chi connectivity index (χ2v) is 7.32. The maximum Gasteiger partial charge on any atom is 0.320 e. The van der Waals surface area contributed by atoms with Crippen molar-refractivity contribution in [3.8, 4) is 5.40 Å². The molecule has 1 fully saturated rings. The SMILES string of the molecule is CN1C(=O)N(CCCCSC#N)[C@@H](c2ccccc2)[C@@H]1c1ccccc1. The van der Waals surface area contributed by atoms with Crippen LogP contribution in [0, 0.1) is 10.7 Å². The van der Waals surface area contributed by atoms with Gasteiger partial charge in [-0.05, 0) is 35.7 Å². The van der Waals surface area contributed by atoms with Crippen molar-refractivity contribution in [2.75, 3.05) is 19.3 Å². The third kappa shape index (κ3) is 3.86. The molecule has 0 spiro atoms. The topological polar surface area (TPSA) is 47.3 Å². The van der Waals surface area contributed by atoms with Crippen LogP contribution in [-0.2, 0) is 0 Å². The minimum absolute atomic E-state index is 0.000259. The van der Waals surface area contributed by atoms with E-state index < -0.39 is 0 Å². The van der Waals surface area contributed by atoms with Gasteiger partial charge in [0.2, 0.25) is 0 Å². The summed E-state index contributed by atoms with van der Waals surface area (Å²) in [5.41, 5.74) is 2.31. The second kappa shape index (κ2) is 8.77. The molecule has 2 aromatic carbocycles. The van der Waals surface area contributed by atoms with E-state index in [0.717, 1.165) is 29.7 Å². The first-order valence-electron chi connectivity index (χ1n) is 8.88. The summed E-state index contributed by atoms with van der Waals surface area (Å²) >= 11 is 1.28. The highest BCUT2D eigenvalue weighted by atomic mass is 32.2. The molecule has 134 valence electrons. The van der Waals surface area contributed by atoms with Crippen LogP contribution in [0.3, 0.4) is 0 Å². The number of hydrogen-bond donors (Lipinski definition) is 0. The van der Waals surface area contributed by atoms with Crippen LogP contribution in [0.1, 0.15) is 36.1 Å². The Hall–Kier alpha value is -2.45. The highest BCUT2D eigenvalue weighted by Gasteiger charge is 2.44. The van der Waals surface area contributed by atoms with Crippen molar-refractivity contribution >= 4 is 17.8 Å². The third-order valence-corrected chi connectivity index (χ3v) is 5.46. The Kier molecular flexibility index (Phi) is 6.19. The van der Waals surface area contributed by atoms with Gasteiger partial charge in [0.05, 0.1) is 12.1 Å². The molecule has 0 N–H and O–H groups in total. The Morgan fingerprint density at radius 1 is 0.962 bits per heavy atom. The molecule has 0 saturated carbocycles. The largest absolute Gasteiger partial charge is 0.320 e. The number of hydrogen-bond acceptors (Lipinski definition) is 3. The van der Waals surface area contributed by atoms with Crippen molar-refractivity contribution in [2.24, 2.45) is 0 Å². The lowest BCUT2D eigenvalue weighted by Crippen LogP contribution is -2.31. The number of likely N-dealkylation sites (N-methyl/N-ethyl adjacent to an activating group) is 1. The zero-order valence-electron chi connectivity index (χ0n) is 14.9. The Morgan fingerprint density at radius 2 is 1.54 bits per heavy atom. The van der Waals surface area contributed by atoms with E-state index in [2.05, 4.69) is 29.7 Å². The molecule has 1 saturated heterocycles. The van der Waals surface area contributed by atoms with Gasteiger partial charge in [-0.25, -0.2) is 4.79 Å². The summed E-state index contributed by atoms with van der Waals surface area (Å²) in [4.78, 5) is 16.8. The number of nitrogens with zero attached hydrogens (tertiary/aromatic N) is 3. The van der Waals surface area contributed by atoms with Gasteiger partial charge in [-0.1, -0.05) is 60.7 Å². The summed E-state index contributed by atoms with van der Waals surface area (Å²) in [5, 5.41) is 10.8. The number of carbonyl (C=O) groups excluding carboxylic acids is 1. The van der Waals surface area contributed by atoms with E-state index in [9.17, 15) is 4.79 Å². The average molecular weight is 366 g/mol. The molecule has 2 atom stereocenters. The van der Waals surface area contributed by atoms with E-state index in [1.165, 1.54) is 11.8 Å². The molecule has 4 nitrogen and oxygen atoms in total. The first kappa shape index (κ1) is 18.3. The number of benzene rings is 2. The standard InChI is InChI=1S/C21H23N3OS/c1-23-19(17-10-4-2-5-11-17)20(18-12-6-3-7-13-18)24(21(23)25)14-8-9-15-26-16-22/h2-7,10-13,19-20H,8-9,14-15H2,1H3/t19-,20-/m0/s1. The minimum Gasteiger partial charge on any atom is -0.318 e. The molecule has 0 radical (unpaired) electrons. The highest BCUT2D eigenvalue weighted by molar-refractivity contribution is 8.03. The molecule has 0 aliphatic carbocycles. The molecule has 1 aliphatic heterocycles. The molecule has 26 heavy (non-hydrogen) atoms. The highest BCUT2D eigenvalue weighted by Crippen LogP contribution is 2.44. The molecule has 1 aliphatic rings. The van der Waals surface area contributed by atoms with Gasteiger partial charge in [0.15, 0.2) is 0 Å². The van der Waals surface area contributed by atoms with E-state index in [-0.39, 0.29) is 18.1 Å². The van der Waals surface area contributed by atoms with Crippen molar-refractivity contribution in [1.29, 1.82) is 5.26 Å². The van der Waals surface area contributed by atoms with Crippen LogP contribution in [0.4, 0.5) is 4.79 Å². The molecule has 0 unspecified atom stereocenters. The van der Waals surface area contributed by atoms with Gasteiger partial charge < -0.3 is 9.80 Å². The van der Waals surface area contributed by atoms with Crippen LogP contribution in [0.2, 0.25) is 0 Å². The fourth-order valence-corrected chi connectivity index (χ4v) is 4.07. The van der Waals surface area contributed by atoms with Crippen molar-refractivity contribution in [1.82, 2.24) is 9.80 Å². The molecule has 3 rings (SSSR count). The van der Waals surface area contributed by atoms with Crippen LogP contribution in [0.25, 0.3) is 0 Å². The number of nitriles is 1. The Bertz CT molecular complexity index is 760. The lowest BCUT2D eigenvalue weighted by molar-refractivity contribution is 0.190. The maximum atomic E-state index is 13.0. The van der Waals surface area contributed by atoms with E-state index in [1.54, 1.807) is 0 Å². The summed E-state index contributed by atoms with van der Waals surface area (Å²) in [5.74, 6) is 0.812. The van der Waals surface area contributed by atoms with Crippen molar-refractivity contribution in [3.63, 3.8) is 0 Å². The fourth-order valence-electron chi connectivity index (χ4n) is 3.63. The second-order valence-electron chi connectivity index (χ2n) is 6.44.